The lowest BCUT2D eigenvalue weighted by molar-refractivity contribution is -0.927. The van der Waals surface area contributed by atoms with Crippen LogP contribution in [0.4, 0.5) is 0 Å². The molecule has 5 rings (SSSR count). The van der Waals surface area contributed by atoms with E-state index in [0.29, 0.717) is 0 Å². The van der Waals surface area contributed by atoms with Crippen molar-refractivity contribution in [2.45, 2.75) is 70.3 Å². The average molecular weight is 587 g/mol. The van der Waals surface area contributed by atoms with E-state index in [0.717, 1.165) is 48.6 Å². The van der Waals surface area contributed by atoms with Crippen LogP contribution in [0.5, 0.6) is 11.5 Å². The van der Waals surface area contributed by atoms with Gasteiger partial charge in [0, 0.05) is 30.0 Å². The molecule has 0 bridgehead atoms. The largest absolute Gasteiger partial charge is 1.00 e. The molecule has 3 aliphatic rings. The van der Waals surface area contributed by atoms with Crippen LogP contribution in [0.25, 0.3) is 0 Å². The maximum atomic E-state index is 13.6. The quantitative estimate of drug-likeness (QED) is 0.332. The van der Waals surface area contributed by atoms with Gasteiger partial charge in [-0.2, -0.15) is 0 Å². The van der Waals surface area contributed by atoms with Gasteiger partial charge in [-0.15, -0.1) is 0 Å². The van der Waals surface area contributed by atoms with Crippen LogP contribution in [0, 0.1) is 0 Å². The molecule has 0 unspecified atom stereocenters. The lowest BCUT2D eigenvalue weighted by Gasteiger charge is -2.44. The van der Waals surface area contributed by atoms with Crippen molar-refractivity contribution in [3.63, 3.8) is 0 Å². The number of carbonyl (C=O) groups excluding carboxylic acids is 1. The highest BCUT2D eigenvalue weighted by atomic mass is 127. The number of quaternary nitrogens is 1. The molecule has 0 radical (unpaired) electrons. The van der Waals surface area contributed by atoms with Gasteiger partial charge in [0.25, 0.3) is 0 Å². The molecule has 2 aromatic rings. The van der Waals surface area contributed by atoms with Gasteiger partial charge in [0.15, 0.2) is 0 Å². The van der Waals surface area contributed by atoms with Gasteiger partial charge in [-0.1, -0.05) is 55.3 Å². The third-order valence-corrected chi connectivity index (χ3v) is 8.29. The van der Waals surface area contributed by atoms with Gasteiger partial charge in [-0.3, -0.25) is 4.79 Å². The van der Waals surface area contributed by atoms with Crippen molar-refractivity contribution in [1.29, 1.82) is 0 Å². The number of fused-ring (bicyclic) bond motifs is 2. The number of likely N-dealkylation sites (N-methyl/N-ethyl adjacent to an activating group) is 1. The van der Waals surface area contributed by atoms with Crippen LogP contribution in [0.2, 0.25) is 0 Å². The molecular formula is C30H39IN2O2. The van der Waals surface area contributed by atoms with Crippen molar-refractivity contribution >= 4 is 5.91 Å². The third kappa shape index (κ3) is 5.93. The first-order valence-electron chi connectivity index (χ1n) is 13.4. The smallest absolute Gasteiger partial charge is 0.232 e. The Hall–Kier alpha value is -1.86. The van der Waals surface area contributed by atoms with E-state index in [1.165, 1.54) is 56.1 Å². The Morgan fingerprint density at radius 1 is 0.943 bits per heavy atom. The minimum absolute atomic E-state index is 0. The van der Waals surface area contributed by atoms with E-state index >= 15 is 0 Å². The van der Waals surface area contributed by atoms with E-state index in [-0.39, 0.29) is 41.8 Å². The molecule has 188 valence electrons. The highest BCUT2D eigenvalue weighted by Gasteiger charge is 2.37. The number of likely N-dealkylation sites (tertiary alicyclic amines) is 1. The average Bonchev–Trinajstić information content (AvgIpc) is 2.85. The minimum Gasteiger partial charge on any atom is -1.00 e. The Labute approximate surface area is 227 Å². The van der Waals surface area contributed by atoms with Crippen molar-refractivity contribution < 1.29 is 38.0 Å². The Bertz CT molecular complexity index is 997. The molecule has 4 nitrogen and oxygen atoms in total. The standard InChI is InChI=1S/C30H38N2O2.HI/c1-2-32(22-23-12-6-4-3-5-7-13-23)20-18-24(19-21-32)31-30(33)29-25-14-8-10-16-27(25)34-28-17-11-9-15-26(28)29;/h8-12,14-17,24,29H,2-7,13,18-22H2,1H3;1H. The Balaban J connectivity index is 0.00000289. The third-order valence-electron chi connectivity index (χ3n) is 8.29. The summed E-state index contributed by atoms with van der Waals surface area (Å²) < 4.78 is 7.27. The first kappa shape index (κ1) is 26.2. The van der Waals surface area contributed by atoms with Crippen molar-refractivity contribution in [2.75, 3.05) is 26.2 Å². The zero-order valence-electron chi connectivity index (χ0n) is 21.0. The minimum atomic E-state index is -0.312. The van der Waals surface area contributed by atoms with Gasteiger partial charge in [-0.25, -0.2) is 0 Å². The second-order valence-electron chi connectivity index (χ2n) is 10.5. The summed E-state index contributed by atoms with van der Waals surface area (Å²) in [5.41, 5.74) is 3.60. The van der Waals surface area contributed by atoms with Crippen LogP contribution in [0.1, 0.15) is 75.3 Å². The van der Waals surface area contributed by atoms with Crippen molar-refractivity contribution in [2.24, 2.45) is 0 Å². The summed E-state index contributed by atoms with van der Waals surface area (Å²) in [7, 11) is 0. The zero-order valence-corrected chi connectivity index (χ0v) is 23.1. The number of allylic oxidation sites excluding steroid dienone is 1. The molecule has 1 amide bonds. The molecule has 2 heterocycles. The van der Waals surface area contributed by atoms with Crippen molar-refractivity contribution in [1.82, 2.24) is 5.32 Å². The lowest BCUT2D eigenvalue weighted by Crippen LogP contribution is -3.00. The Morgan fingerprint density at radius 3 is 2.23 bits per heavy atom. The molecule has 1 saturated heterocycles. The van der Waals surface area contributed by atoms with E-state index in [2.05, 4.69) is 18.3 Å². The molecule has 35 heavy (non-hydrogen) atoms. The van der Waals surface area contributed by atoms with E-state index in [1.807, 2.05) is 48.5 Å². The van der Waals surface area contributed by atoms with Gasteiger partial charge in [0.05, 0.1) is 25.6 Å². The number of amides is 1. The number of para-hydroxylation sites is 2. The molecule has 0 atom stereocenters. The number of ether oxygens (including phenoxy) is 1. The summed E-state index contributed by atoms with van der Waals surface area (Å²) in [4.78, 5) is 13.6. The molecule has 1 fully saturated rings. The summed E-state index contributed by atoms with van der Waals surface area (Å²) in [6, 6.07) is 16.2. The number of rotatable bonds is 5. The molecule has 5 heteroatoms. The van der Waals surface area contributed by atoms with E-state index in [4.69, 9.17) is 4.74 Å². The van der Waals surface area contributed by atoms with Gasteiger partial charge in [0.1, 0.15) is 18.0 Å². The molecule has 1 N–H and O–H groups in total. The second kappa shape index (κ2) is 11.9. The second-order valence-corrected chi connectivity index (χ2v) is 10.5. The number of carbonyl (C=O) groups is 1. The lowest BCUT2D eigenvalue weighted by atomic mass is 9.86. The number of piperidine rings is 1. The normalized spacial score (nSPS) is 24.4. The van der Waals surface area contributed by atoms with E-state index in [9.17, 15) is 4.79 Å². The fraction of sp³-hybridized carbons (Fsp3) is 0.500. The Morgan fingerprint density at radius 2 is 1.57 bits per heavy atom. The zero-order chi connectivity index (χ0) is 23.4. The number of benzene rings is 2. The summed E-state index contributed by atoms with van der Waals surface area (Å²) >= 11 is 0. The molecule has 0 saturated carbocycles. The molecule has 0 spiro atoms. The topological polar surface area (TPSA) is 38.3 Å². The summed E-state index contributed by atoms with van der Waals surface area (Å²) in [5, 5.41) is 3.44. The summed E-state index contributed by atoms with van der Waals surface area (Å²) in [6.45, 7) is 7.04. The highest BCUT2D eigenvalue weighted by Crippen LogP contribution is 2.44. The van der Waals surface area contributed by atoms with Crippen LogP contribution in [-0.4, -0.2) is 42.6 Å². The van der Waals surface area contributed by atoms with Gasteiger partial charge in [-0.05, 0) is 50.3 Å². The monoisotopic (exact) mass is 586 g/mol. The number of nitrogens with zero attached hydrogens (tertiary/aromatic N) is 1. The van der Waals surface area contributed by atoms with Crippen LogP contribution >= 0.6 is 0 Å². The number of hydrogen-bond acceptors (Lipinski definition) is 2. The Kier molecular flexibility index (Phi) is 8.92. The highest BCUT2D eigenvalue weighted by molar-refractivity contribution is 5.89. The SMILES string of the molecule is CC[N+]1(CC2=CCCCCCC2)CCC(NC(=O)C2c3ccccc3Oc3ccccc32)CC1.[I-]. The van der Waals surface area contributed by atoms with Crippen LogP contribution in [-0.2, 0) is 4.79 Å². The van der Waals surface area contributed by atoms with E-state index < -0.39 is 0 Å². The number of hydrogen-bond donors (Lipinski definition) is 1. The maximum absolute atomic E-state index is 13.6. The van der Waals surface area contributed by atoms with E-state index in [1.54, 1.807) is 5.57 Å². The van der Waals surface area contributed by atoms with Crippen LogP contribution in [0.3, 0.4) is 0 Å². The van der Waals surface area contributed by atoms with Crippen LogP contribution in [0.15, 0.2) is 60.2 Å². The molecule has 1 aliphatic carbocycles. The fourth-order valence-corrected chi connectivity index (χ4v) is 6.16. The predicted octanol–water partition coefficient (Wildman–Crippen LogP) is 3.32. The molecule has 2 aromatic carbocycles. The molecule has 0 aromatic heterocycles. The summed E-state index contributed by atoms with van der Waals surface area (Å²) in [6.07, 6.45) is 12.7. The van der Waals surface area contributed by atoms with Gasteiger partial charge < -0.3 is 38.5 Å². The van der Waals surface area contributed by atoms with Crippen LogP contribution < -0.4 is 34.0 Å². The van der Waals surface area contributed by atoms with Crippen molar-refractivity contribution in [3.05, 3.63) is 71.3 Å². The first-order valence-corrected chi connectivity index (χ1v) is 13.4. The number of nitrogens with one attached hydrogen (secondary N) is 1. The maximum Gasteiger partial charge on any atom is 0.232 e. The molecular weight excluding hydrogens is 547 g/mol. The summed E-state index contributed by atoms with van der Waals surface area (Å²) in [5.74, 6) is 1.37. The fourth-order valence-electron chi connectivity index (χ4n) is 6.16. The molecule has 2 aliphatic heterocycles. The number of halogens is 1. The van der Waals surface area contributed by atoms with Gasteiger partial charge in [0.2, 0.25) is 5.91 Å². The van der Waals surface area contributed by atoms with Gasteiger partial charge >= 0.3 is 0 Å². The first-order chi connectivity index (χ1) is 16.7. The van der Waals surface area contributed by atoms with Crippen molar-refractivity contribution in [3.8, 4) is 11.5 Å². The predicted molar refractivity (Wildman–Crippen MR) is 137 cm³/mol.